The molecule has 0 radical (unpaired) electrons. The van der Waals surface area contributed by atoms with Gasteiger partial charge in [-0.2, -0.15) is 0 Å². The molecule has 4 heteroatoms. The fraction of sp³-hybridized carbons (Fsp3) is 0.455. The van der Waals surface area contributed by atoms with Gasteiger partial charge in [0.15, 0.2) is 0 Å². The number of carbonyl (C=O) groups is 1. The number of nitrogens with zero attached hydrogens (tertiary/aromatic N) is 1. The maximum absolute atomic E-state index is 11.2. The molecule has 1 aromatic heterocycles. The summed E-state index contributed by atoms with van der Waals surface area (Å²) in [6, 6.07) is 3.85. The quantitative estimate of drug-likeness (QED) is 0.569. The van der Waals surface area contributed by atoms with Crippen LogP contribution in [-0.4, -0.2) is 23.3 Å². The second kappa shape index (κ2) is 6.45. The second-order valence-corrected chi connectivity index (χ2v) is 4.24. The number of carbonyl (C=O) groups excluding carboxylic acids is 1. The molecular weight excluding hydrogens is 210 g/mol. The molecule has 0 N–H and O–H groups in total. The van der Waals surface area contributed by atoms with Gasteiger partial charge in [0.2, 0.25) is 0 Å². The normalized spacial score (nSPS) is 10.0. The molecule has 1 heterocycles. The van der Waals surface area contributed by atoms with Gasteiger partial charge in [-0.15, -0.1) is 11.8 Å². The Hall–Kier alpha value is -1.03. The third-order valence-corrected chi connectivity index (χ3v) is 2.60. The Balaban J connectivity index is 2.52. The molecule has 1 rings (SSSR count). The van der Waals surface area contributed by atoms with Crippen molar-refractivity contribution >= 4 is 17.7 Å². The summed E-state index contributed by atoms with van der Waals surface area (Å²) in [5, 5.41) is 0. The largest absolute Gasteiger partial charge is 0.466 e. The van der Waals surface area contributed by atoms with E-state index in [0.717, 1.165) is 16.3 Å². The van der Waals surface area contributed by atoms with Crippen LogP contribution in [-0.2, 0) is 16.0 Å². The van der Waals surface area contributed by atoms with Gasteiger partial charge in [-0.1, -0.05) is 6.92 Å². The van der Waals surface area contributed by atoms with Crippen molar-refractivity contribution in [3.8, 4) is 0 Å². The van der Waals surface area contributed by atoms with Gasteiger partial charge in [-0.25, -0.2) is 0 Å². The average Bonchev–Trinajstić information content (AvgIpc) is 2.22. The van der Waals surface area contributed by atoms with Crippen molar-refractivity contribution in [1.29, 1.82) is 0 Å². The van der Waals surface area contributed by atoms with E-state index in [1.165, 1.54) is 0 Å². The van der Waals surface area contributed by atoms with Crippen LogP contribution in [0.2, 0.25) is 0 Å². The highest BCUT2D eigenvalue weighted by Gasteiger charge is 2.04. The molecule has 0 spiro atoms. The molecule has 0 amide bonds. The van der Waals surface area contributed by atoms with Crippen molar-refractivity contribution < 1.29 is 9.53 Å². The molecule has 1 aromatic rings. The summed E-state index contributed by atoms with van der Waals surface area (Å²) in [7, 11) is 0. The van der Waals surface area contributed by atoms with E-state index in [1.54, 1.807) is 24.9 Å². The lowest BCUT2D eigenvalue weighted by Crippen LogP contribution is -2.08. The minimum absolute atomic E-state index is 0.221. The molecule has 82 valence electrons. The van der Waals surface area contributed by atoms with Crippen molar-refractivity contribution in [2.24, 2.45) is 0 Å². The van der Waals surface area contributed by atoms with E-state index < -0.39 is 0 Å². The average molecular weight is 225 g/mol. The first-order valence-corrected chi connectivity index (χ1v) is 5.98. The van der Waals surface area contributed by atoms with Crippen molar-refractivity contribution in [2.45, 2.75) is 25.2 Å². The molecule has 15 heavy (non-hydrogen) atoms. The highest BCUT2D eigenvalue weighted by molar-refractivity contribution is 7.99. The van der Waals surface area contributed by atoms with Crippen LogP contribution in [0.25, 0.3) is 0 Å². The van der Waals surface area contributed by atoms with Gasteiger partial charge < -0.3 is 4.74 Å². The molecule has 0 bridgehead atoms. The number of hydrogen-bond donors (Lipinski definition) is 0. The molecule has 0 aliphatic carbocycles. The summed E-state index contributed by atoms with van der Waals surface area (Å²) in [6.45, 7) is 4.31. The van der Waals surface area contributed by atoms with Gasteiger partial charge in [0.25, 0.3) is 0 Å². The van der Waals surface area contributed by atoms with Crippen LogP contribution >= 0.6 is 11.8 Å². The monoisotopic (exact) mass is 225 g/mol. The van der Waals surface area contributed by atoms with Gasteiger partial charge in [0, 0.05) is 11.1 Å². The highest BCUT2D eigenvalue weighted by atomic mass is 32.2. The predicted octanol–water partition coefficient (Wildman–Crippen LogP) is 2.30. The van der Waals surface area contributed by atoms with E-state index in [1.807, 2.05) is 12.1 Å². The first-order chi connectivity index (χ1) is 7.26. The summed E-state index contributed by atoms with van der Waals surface area (Å²) in [6.07, 6.45) is 2.05. The third-order valence-electron chi connectivity index (χ3n) is 1.74. The summed E-state index contributed by atoms with van der Waals surface area (Å²) < 4.78 is 4.84. The SMILES string of the molecule is CCOC(=O)Cc1ccc(SCC)cn1. The van der Waals surface area contributed by atoms with Crippen molar-refractivity contribution in [1.82, 2.24) is 4.98 Å². The highest BCUT2D eigenvalue weighted by Crippen LogP contribution is 2.16. The zero-order valence-electron chi connectivity index (χ0n) is 9.03. The van der Waals surface area contributed by atoms with Gasteiger partial charge >= 0.3 is 5.97 Å². The smallest absolute Gasteiger partial charge is 0.311 e. The van der Waals surface area contributed by atoms with Crippen LogP contribution in [0.15, 0.2) is 23.2 Å². The van der Waals surface area contributed by atoms with Gasteiger partial charge in [0.1, 0.15) is 0 Å². The summed E-state index contributed by atoms with van der Waals surface area (Å²) in [4.78, 5) is 16.5. The van der Waals surface area contributed by atoms with Gasteiger partial charge in [-0.3, -0.25) is 9.78 Å². The van der Waals surface area contributed by atoms with Crippen LogP contribution < -0.4 is 0 Å². The first-order valence-electron chi connectivity index (χ1n) is 4.99. The van der Waals surface area contributed by atoms with Crippen LogP contribution in [0.5, 0.6) is 0 Å². The van der Waals surface area contributed by atoms with E-state index in [2.05, 4.69) is 11.9 Å². The lowest BCUT2D eigenvalue weighted by molar-refractivity contribution is -0.142. The number of rotatable bonds is 5. The zero-order chi connectivity index (χ0) is 11.1. The Morgan fingerprint density at radius 2 is 2.27 bits per heavy atom. The number of pyridine rings is 1. The number of ether oxygens (including phenoxy) is 1. The predicted molar refractivity (Wildman–Crippen MR) is 61.0 cm³/mol. The Morgan fingerprint density at radius 1 is 1.47 bits per heavy atom. The van der Waals surface area contributed by atoms with Crippen LogP contribution in [0.1, 0.15) is 19.5 Å². The lowest BCUT2D eigenvalue weighted by Gasteiger charge is -2.02. The molecule has 0 saturated carbocycles. The standard InChI is InChI=1S/C11H15NO2S/c1-3-14-11(13)7-9-5-6-10(8-12-9)15-4-2/h5-6,8H,3-4,7H2,1-2H3. The minimum Gasteiger partial charge on any atom is -0.466 e. The van der Waals surface area contributed by atoms with Crippen LogP contribution in [0, 0.1) is 0 Å². The van der Waals surface area contributed by atoms with Gasteiger partial charge in [0.05, 0.1) is 18.7 Å². The Morgan fingerprint density at radius 3 is 2.80 bits per heavy atom. The molecule has 0 atom stereocenters. The maximum atomic E-state index is 11.2. The fourth-order valence-electron chi connectivity index (χ4n) is 1.13. The van der Waals surface area contributed by atoms with Crippen LogP contribution in [0.3, 0.4) is 0 Å². The molecule has 0 unspecified atom stereocenters. The first kappa shape index (κ1) is 12.0. The molecule has 0 fully saturated rings. The van der Waals surface area contributed by atoms with E-state index in [-0.39, 0.29) is 12.4 Å². The summed E-state index contributed by atoms with van der Waals surface area (Å²) in [5.41, 5.74) is 0.758. The molecule has 0 saturated heterocycles. The number of aromatic nitrogens is 1. The molecule has 3 nitrogen and oxygen atoms in total. The van der Waals surface area contributed by atoms with Gasteiger partial charge in [-0.05, 0) is 24.8 Å². The van der Waals surface area contributed by atoms with Crippen molar-refractivity contribution in [2.75, 3.05) is 12.4 Å². The second-order valence-electron chi connectivity index (χ2n) is 2.90. The maximum Gasteiger partial charge on any atom is 0.311 e. The van der Waals surface area contributed by atoms with E-state index in [4.69, 9.17) is 4.74 Å². The van der Waals surface area contributed by atoms with E-state index in [9.17, 15) is 4.79 Å². The fourth-order valence-corrected chi connectivity index (χ4v) is 1.75. The number of hydrogen-bond acceptors (Lipinski definition) is 4. The Labute approximate surface area is 94.2 Å². The zero-order valence-corrected chi connectivity index (χ0v) is 9.84. The summed E-state index contributed by atoms with van der Waals surface area (Å²) >= 11 is 1.73. The number of thioether (sulfide) groups is 1. The minimum atomic E-state index is -0.221. The van der Waals surface area contributed by atoms with Crippen molar-refractivity contribution in [3.63, 3.8) is 0 Å². The molecule has 0 aliphatic rings. The molecule has 0 aliphatic heterocycles. The topological polar surface area (TPSA) is 39.2 Å². The summed E-state index contributed by atoms with van der Waals surface area (Å²) in [5.74, 6) is 0.805. The molecular formula is C11H15NO2S. The van der Waals surface area contributed by atoms with Crippen LogP contribution in [0.4, 0.5) is 0 Å². The van der Waals surface area contributed by atoms with Crippen molar-refractivity contribution in [3.05, 3.63) is 24.0 Å². The Bertz CT molecular complexity index is 311. The third kappa shape index (κ3) is 4.34. The van der Waals surface area contributed by atoms with E-state index >= 15 is 0 Å². The van der Waals surface area contributed by atoms with E-state index in [0.29, 0.717) is 6.61 Å². The molecule has 0 aromatic carbocycles. The number of esters is 1. The Kier molecular flexibility index (Phi) is 5.18. The lowest BCUT2D eigenvalue weighted by atomic mass is 10.3.